The van der Waals surface area contributed by atoms with Crippen LogP contribution in [0.15, 0.2) is 18.2 Å². The van der Waals surface area contributed by atoms with Crippen LogP contribution in [0.4, 0.5) is 11.4 Å². The third-order valence-electron chi connectivity index (χ3n) is 2.25. The molecule has 9 heteroatoms. The molecule has 0 saturated carbocycles. The van der Waals surface area contributed by atoms with E-state index in [0.717, 1.165) is 12.1 Å². The molecule has 0 aliphatic rings. The van der Waals surface area contributed by atoms with E-state index >= 15 is 0 Å². The summed E-state index contributed by atoms with van der Waals surface area (Å²) < 4.78 is 4.72. The van der Waals surface area contributed by atoms with Crippen LogP contribution in [-0.4, -0.2) is 22.4 Å². The number of carbonyl (C=O) groups excluding carboxylic acids is 1. The molecule has 0 aromatic heterocycles. The molecular formula is C10H11N3O6. The van der Waals surface area contributed by atoms with E-state index in [9.17, 15) is 25.0 Å². The Morgan fingerprint density at radius 1 is 1.21 bits per heavy atom. The van der Waals surface area contributed by atoms with E-state index in [0.29, 0.717) is 0 Å². The van der Waals surface area contributed by atoms with E-state index in [-0.39, 0.29) is 18.5 Å². The molecule has 0 spiro atoms. The van der Waals surface area contributed by atoms with Gasteiger partial charge in [-0.05, 0) is 6.07 Å². The van der Waals surface area contributed by atoms with Crippen molar-refractivity contribution >= 4 is 17.3 Å². The van der Waals surface area contributed by atoms with Gasteiger partial charge in [0.05, 0.1) is 16.3 Å². The van der Waals surface area contributed by atoms with Gasteiger partial charge in [-0.1, -0.05) is 0 Å². The molecule has 0 saturated heterocycles. The van der Waals surface area contributed by atoms with Crippen molar-refractivity contribution in [1.29, 1.82) is 0 Å². The van der Waals surface area contributed by atoms with Crippen molar-refractivity contribution in [2.45, 2.75) is 13.0 Å². The molecule has 102 valence electrons. The highest BCUT2D eigenvalue weighted by Crippen LogP contribution is 2.28. The standard InChI is InChI=1S/C10H11N3O6/c11-5-4-10(14)19-6-7-8(12(15)16)2-1-3-9(7)13(17)18/h1-3H,4-6,11H2. The molecule has 0 fully saturated rings. The molecule has 0 aliphatic heterocycles. The number of nitro benzene ring substituents is 2. The van der Waals surface area contributed by atoms with E-state index in [2.05, 4.69) is 0 Å². The summed E-state index contributed by atoms with van der Waals surface area (Å²) in [5.74, 6) is -0.671. The lowest BCUT2D eigenvalue weighted by atomic mass is 10.1. The monoisotopic (exact) mass is 269 g/mol. The van der Waals surface area contributed by atoms with Crippen molar-refractivity contribution in [3.05, 3.63) is 44.0 Å². The molecule has 0 bridgehead atoms. The van der Waals surface area contributed by atoms with E-state index in [1.165, 1.54) is 6.07 Å². The summed E-state index contributed by atoms with van der Waals surface area (Å²) in [4.78, 5) is 31.2. The SMILES string of the molecule is NCCC(=O)OCc1c([N+](=O)[O-])cccc1[N+](=O)[O-]. The van der Waals surface area contributed by atoms with Crippen molar-refractivity contribution in [2.24, 2.45) is 5.73 Å². The Labute approximate surface area is 107 Å². The van der Waals surface area contributed by atoms with Crippen molar-refractivity contribution in [3.63, 3.8) is 0 Å². The molecule has 0 aliphatic carbocycles. The molecule has 9 nitrogen and oxygen atoms in total. The van der Waals surface area contributed by atoms with Crippen LogP contribution in [0.5, 0.6) is 0 Å². The van der Waals surface area contributed by atoms with Crippen molar-refractivity contribution in [1.82, 2.24) is 0 Å². The second-order valence-corrected chi connectivity index (χ2v) is 3.49. The highest BCUT2D eigenvalue weighted by atomic mass is 16.6. The fourth-order valence-electron chi connectivity index (χ4n) is 1.40. The number of benzene rings is 1. The lowest BCUT2D eigenvalue weighted by Crippen LogP contribution is -2.12. The van der Waals surface area contributed by atoms with Gasteiger partial charge in [-0.2, -0.15) is 0 Å². The van der Waals surface area contributed by atoms with Crippen molar-refractivity contribution in [3.8, 4) is 0 Å². The molecule has 0 unspecified atom stereocenters. The third-order valence-corrected chi connectivity index (χ3v) is 2.25. The van der Waals surface area contributed by atoms with Gasteiger partial charge in [0.15, 0.2) is 0 Å². The van der Waals surface area contributed by atoms with E-state index < -0.39 is 33.8 Å². The summed E-state index contributed by atoms with van der Waals surface area (Å²) in [7, 11) is 0. The number of rotatable bonds is 6. The number of hydrogen-bond acceptors (Lipinski definition) is 7. The quantitative estimate of drug-likeness (QED) is 0.459. The van der Waals surface area contributed by atoms with Gasteiger partial charge in [0.1, 0.15) is 12.2 Å². The maximum atomic E-state index is 11.1. The zero-order chi connectivity index (χ0) is 14.4. The van der Waals surface area contributed by atoms with Gasteiger partial charge in [-0.25, -0.2) is 0 Å². The lowest BCUT2D eigenvalue weighted by molar-refractivity contribution is -0.396. The number of hydrogen-bond donors (Lipinski definition) is 1. The predicted octanol–water partition coefficient (Wildman–Crippen LogP) is 0.895. The second-order valence-electron chi connectivity index (χ2n) is 3.49. The number of nitrogens with two attached hydrogens (primary N) is 1. The third kappa shape index (κ3) is 3.71. The van der Waals surface area contributed by atoms with Crippen LogP contribution < -0.4 is 5.73 Å². The van der Waals surface area contributed by atoms with Crippen LogP contribution in [0.3, 0.4) is 0 Å². The molecule has 2 N–H and O–H groups in total. The zero-order valence-electron chi connectivity index (χ0n) is 9.77. The molecular weight excluding hydrogens is 258 g/mol. The second kappa shape index (κ2) is 6.40. The first-order valence-electron chi connectivity index (χ1n) is 5.23. The topological polar surface area (TPSA) is 139 Å². The molecule has 1 rings (SSSR count). The maximum Gasteiger partial charge on any atom is 0.307 e. The first-order chi connectivity index (χ1) is 8.97. The summed E-state index contributed by atoms with van der Waals surface area (Å²) in [6, 6.07) is 3.42. The number of carbonyl (C=O) groups is 1. The first-order valence-corrected chi connectivity index (χ1v) is 5.23. The number of ether oxygens (including phenoxy) is 1. The smallest absolute Gasteiger partial charge is 0.307 e. The molecule has 0 atom stereocenters. The maximum absolute atomic E-state index is 11.1. The van der Waals surface area contributed by atoms with Crippen LogP contribution in [0.25, 0.3) is 0 Å². The Morgan fingerprint density at radius 3 is 2.16 bits per heavy atom. The zero-order valence-corrected chi connectivity index (χ0v) is 9.77. The average Bonchev–Trinajstić information content (AvgIpc) is 2.35. The minimum absolute atomic E-state index is 0.0611. The van der Waals surface area contributed by atoms with Gasteiger partial charge in [0.2, 0.25) is 0 Å². The first kappa shape index (κ1) is 14.5. The molecule has 1 aromatic carbocycles. The minimum atomic E-state index is -0.765. The average molecular weight is 269 g/mol. The van der Waals surface area contributed by atoms with Crippen LogP contribution in [0.1, 0.15) is 12.0 Å². The van der Waals surface area contributed by atoms with Gasteiger partial charge >= 0.3 is 5.97 Å². The van der Waals surface area contributed by atoms with Gasteiger partial charge in [0.25, 0.3) is 11.4 Å². The Hall–Kier alpha value is -2.55. The lowest BCUT2D eigenvalue weighted by Gasteiger charge is -2.05. The Balaban J connectivity index is 3.04. The minimum Gasteiger partial charge on any atom is -0.460 e. The Bertz CT molecular complexity index is 484. The van der Waals surface area contributed by atoms with Gasteiger partial charge < -0.3 is 10.5 Å². The molecule has 19 heavy (non-hydrogen) atoms. The number of nitro groups is 2. The summed E-state index contributed by atoms with van der Waals surface area (Å²) in [5, 5.41) is 21.6. The summed E-state index contributed by atoms with van der Waals surface area (Å²) in [6.45, 7) is -0.468. The van der Waals surface area contributed by atoms with Gasteiger partial charge in [-0.3, -0.25) is 25.0 Å². The highest BCUT2D eigenvalue weighted by molar-refractivity contribution is 5.70. The molecule has 1 aromatic rings. The number of nitrogens with zero attached hydrogens (tertiary/aromatic N) is 2. The summed E-state index contributed by atoms with van der Waals surface area (Å²) >= 11 is 0. The van der Waals surface area contributed by atoms with Gasteiger partial charge in [-0.15, -0.1) is 0 Å². The summed E-state index contributed by atoms with van der Waals surface area (Å²) in [5.41, 5.74) is 3.96. The van der Waals surface area contributed by atoms with Crippen LogP contribution in [0.2, 0.25) is 0 Å². The Morgan fingerprint density at radius 2 is 1.74 bits per heavy atom. The van der Waals surface area contributed by atoms with Crippen LogP contribution >= 0.6 is 0 Å². The number of esters is 1. The predicted molar refractivity (Wildman–Crippen MR) is 63.2 cm³/mol. The van der Waals surface area contributed by atoms with E-state index in [4.69, 9.17) is 10.5 Å². The van der Waals surface area contributed by atoms with Gasteiger partial charge in [0, 0.05) is 18.7 Å². The molecule has 0 amide bonds. The van der Waals surface area contributed by atoms with Crippen molar-refractivity contribution < 1.29 is 19.4 Å². The molecule has 0 heterocycles. The summed E-state index contributed by atoms with van der Waals surface area (Å²) in [6.07, 6.45) is -0.0611. The fraction of sp³-hybridized carbons (Fsp3) is 0.300. The van der Waals surface area contributed by atoms with E-state index in [1.54, 1.807) is 0 Å². The van der Waals surface area contributed by atoms with E-state index in [1.807, 2.05) is 0 Å². The highest BCUT2D eigenvalue weighted by Gasteiger charge is 2.25. The largest absolute Gasteiger partial charge is 0.460 e. The van der Waals surface area contributed by atoms with Crippen LogP contribution in [-0.2, 0) is 16.1 Å². The Kier molecular flexibility index (Phi) is 4.89. The van der Waals surface area contributed by atoms with Crippen molar-refractivity contribution in [2.75, 3.05) is 6.54 Å². The fourth-order valence-corrected chi connectivity index (χ4v) is 1.40. The normalized spacial score (nSPS) is 9.95. The van der Waals surface area contributed by atoms with Crippen LogP contribution in [0, 0.1) is 20.2 Å². The molecule has 0 radical (unpaired) electrons.